The van der Waals surface area contributed by atoms with Crippen LogP contribution in [0, 0.1) is 11.8 Å². The van der Waals surface area contributed by atoms with Gasteiger partial charge in [0.2, 0.25) is 0 Å². The molecule has 2 atom stereocenters. The fraction of sp³-hybridized carbons (Fsp3) is 0.500. The standard InChI is InChI=1S/C14H18O/c1-11-6-5-9-13(10-11)14(15)12-7-3-2-4-8-12/h2-4,7-8,11,13H,5-6,9-10H2,1H3/t11?,13-/m1/s1. The molecule has 0 bridgehead atoms. The van der Waals surface area contributed by atoms with Crippen molar-refractivity contribution in [1.29, 1.82) is 0 Å². The van der Waals surface area contributed by atoms with Crippen LogP contribution in [0.4, 0.5) is 0 Å². The summed E-state index contributed by atoms with van der Waals surface area (Å²) in [5.41, 5.74) is 0.886. The first kappa shape index (κ1) is 10.4. The van der Waals surface area contributed by atoms with Crippen molar-refractivity contribution in [3.63, 3.8) is 0 Å². The van der Waals surface area contributed by atoms with E-state index in [1.54, 1.807) is 0 Å². The Labute approximate surface area is 91.5 Å². The topological polar surface area (TPSA) is 17.1 Å². The second-order valence-corrected chi connectivity index (χ2v) is 4.70. The van der Waals surface area contributed by atoms with Gasteiger partial charge in [0, 0.05) is 11.5 Å². The van der Waals surface area contributed by atoms with Crippen LogP contribution < -0.4 is 0 Å². The van der Waals surface area contributed by atoms with Crippen molar-refractivity contribution in [2.24, 2.45) is 11.8 Å². The average molecular weight is 202 g/mol. The maximum Gasteiger partial charge on any atom is 0.165 e. The monoisotopic (exact) mass is 202 g/mol. The Hall–Kier alpha value is -1.11. The molecule has 1 aromatic carbocycles. The summed E-state index contributed by atoms with van der Waals surface area (Å²) in [6.07, 6.45) is 4.66. The Balaban J connectivity index is 2.08. The third-order valence-electron chi connectivity index (χ3n) is 3.37. The molecule has 1 aliphatic rings. The molecule has 1 unspecified atom stereocenters. The van der Waals surface area contributed by atoms with Gasteiger partial charge < -0.3 is 0 Å². The fourth-order valence-electron chi connectivity index (χ4n) is 2.51. The van der Waals surface area contributed by atoms with E-state index in [9.17, 15) is 4.79 Å². The van der Waals surface area contributed by atoms with Crippen LogP contribution in [-0.2, 0) is 0 Å². The minimum atomic E-state index is 0.274. The summed E-state index contributed by atoms with van der Waals surface area (Å²) in [6.45, 7) is 2.25. The number of carbonyl (C=O) groups excluding carboxylic acids is 1. The first-order valence-corrected chi connectivity index (χ1v) is 5.86. The first-order valence-electron chi connectivity index (χ1n) is 5.86. The molecule has 1 aromatic rings. The molecule has 0 radical (unpaired) electrons. The van der Waals surface area contributed by atoms with Crippen molar-refractivity contribution in [3.05, 3.63) is 35.9 Å². The number of Topliss-reactive ketones (excluding diaryl/α,β-unsaturated/α-hetero) is 1. The van der Waals surface area contributed by atoms with Gasteiger partial charge >= 0.3 is 0 Å². The number of rotatable bonds is 2. The van der Waals surface area contributed by atoms with E-state index in [0.717, 1.165) is 24.3 Å². The minimum Gasteiger partial charge on any atom is -0.294 e. The normalized spacial score (nSPS) is 26.2. The molecule has 1 heteroatoms. The van der Waals surface area contributed by atoms with Gasteiger partial charge in [-0.25, -0.2) is 0 Å². The molecule has 0 heterocycles. The summed E-state index contributed by atoms with van der Waals surface area (Å²) in [4.78, 5) is 12.1. The predicted octanol–water partition coefficient (Wildman–Crippen LogP) is 3.70. The van der Waals surface area contributed by atoms with Crippen LogP contribution in [0.3, 0.4) is 0 Å². The molecule has 1 aliphatic carbocycles. The van der Waals surface area contributed by atoms with Crippen LogP contribution in [0.15, 0.2) is 30.3 Å². The van der Waals surface area contributed by atoms with Gasteiger partial charge in [0.25, 0.3) is 0 Å². The molecule has 1 saturated carbocycles. The van der Waals surface area contributed by atoms with Crippen LogP contribution in [0.2, 0.25) is 0 Å². The smallest absolute Gasteiger partial charge is 0.165 e. The van der Waals surface area contributed by atoms with Gasteiger partial charge in [-0.3, -0.25) is 4.79 Å². The largest absolute Gasteiger partial charge is 0.294 e. The second-order valence-electron chi connectivity index (χ2n) is 4.70. The first-order chi connectivity index (χ1) is 7.27. The summed E-state index contributed by atoms with van der Waals surface area (Å²) in [7, 11) is 0. The SMILES string of the molecule is CC1CCC[C@@H](C(=O)c2ccccc2)C1. The molecule has 0 aromatic heterocycles. The molecule has 0 aliphatic heterocycles. The van der Waals surface area contributed by atoms with E-state index in [0.29, 0.717) is 5.78 Å². The fourth-order valence-corrected chi connectivity index (χ4v) is 2.51. The highest BCUT2D eigenvalue weighted by atomic mass is 16.1. The van der Waals surface area contributed by atoms with Crippen LogP contribution >= 0.6 is 0 Å². The maximum absolute atomic E-state index is 12.1. The van der Waals surface area contributed by atoms with Crippen molar-refractivity contribution < 1.29 is 4.79 Å². The molecule has 0 N–H and O–H groups in total. The van der Waals surface area contributed by atoms with Crippen molar-refractivity contribution in [2.45, 2.75) is 32.6 Å². The number of hydrogen-bond donors (Lipinski definition) is 0. The second kappa shape index (κ2) is 4.61. The summed E-state index contributed by atoms with van der Waals surface area (Å²) < 4.78 is 0. The zero-order valence-corrected chi connectivity index (χ0v) is 9.28. The lowest BCUT2D eigenvalue weighted by atomic mass is 9.79. The summed E-state index contributed by atoms with van der Waals surface area (Å²) >= 11 is 0. The van der Waals surface area contributed by atoms with Crippen molar-refractivity contribution in [3.8, 4) is 0 Å². The van der Waals surface area contributed by atoms with Gasteiger partial charge in [0.15, 0.2) is 5.78 Å². The van der Waals surface area contributed by atoms with Gasteiger partial charge in [-0.2, -0.15) is 0 Å². The number of ketones is 1. The number of carbonyl (C=O) groups is 1. The lowest BCUT2D eigenvalue weighted by Crippen LogP contribution is -2.21. The minimum absolute atomic E-state index is 0.274. The van der Waals surface area contributed by atoms with Crippen molar-refractivity contribution in [2.75, 3.05) is 0 Å². The summed E-state index contributed by atoms with van der Waals surface area (Å²) in [5, 5.41) is 0. The summed E-state index contributed by atoms with van der Waals surface area (Å²) in [6, 6.07) is 9.71. The van der Waals surface area contributed by atoms with E-state index >= 15 is 0 Å². The van der Waals surface area contributed by atoms with Crippen LogP contribution in [-0.4, -0.2) is 5.78 Å². The molecule has 80 valence electrons. The lowest BCUT2D eigenvalue weighted by molar-refractivity contribution is 0.0868. The number of hydrogen-bond acceptors (Lipinski definition) is 1. The highest BCUT2D eigenvalue weighted by Crippen LogP contribution is 2.30. The molecule has 1 fully saturated rings. The highest BCUT2D eigenvalue weighted by Gasteiger charge is 2.25. The van der Waals surface area contributed by atoms with Gasteiger partial charge in [-0.05, 0) is 18.8 Å². The predicted molar refractivity (Wildman–Crippen MR) is 61.9 cm³/mol. The van der Waals surface area contributed by atoms with Crippen molar-refractivity contribution in [1.82, 2.24) is 0 Å². The Morgan fingerprint density at radius 1 is 1.20 bits per heavy atom. The van der Waals surface area contributed by atoms with Gasteiger partial charge in [-0.1, -0.05) is 50.1 Å². The molecule has 1 nitrogen and oxygen atoms in total. The Bertz CT molecular complexity index is 328. The van der Waals surface area contributed by atoms with E-state index in [2.05, 4.69) is 6.92 Å². The molecule has 0 spiro atoms. The van der Waals surface area contributed by atoms with Crippen LogP contribution in [0.1, 0.15) is 43.0 Å². The third-order valence-corrected chi connectivity index (χ3v) is 3.37. The quantitative estimate of drug-likeness (QED) is 0.668. The Kier molecular flexibility index (Phi) is 3.20. The zero-order valence-electron chi connectivity index (χ0n) is 9.28. The molecular weight excluding hydrogens is 184 g/mol. The Morgan fingerprint density at radius 2 is 1.93 bits per heavy atom. The van der Waals surface area contributed by atoms with Crippen LogP contribution in [0.25, 0.3) is 0 Å². The molecule has 0 amide bonds. The lowest BCUT2D eigenvalue weighted by Gasteiger charge is -2.25. The molecule has 0 saturated heterocycles. The van der Waals surface area contributed by atoms with E-state index in [1.807, 2.05) is 30.3 Å². The van der Waals surface area contributed by atoms with Crippen LogP contribution in [0.5, 0.6) is 0 Å². The number of benzene rings is 1. The van der Waals surface area contributed by atoms with E-state index in [1.165, 1.54) is 12.8 Å². The molecular formula is C14H18O. The molecule has 15 heavy (non-hydrogen) atoms. The maximum atomic E-state index is 12.1. The highest BCUT2D eigenvalue weighted by molar-refractivity contribution is 5.97. The Morgan fingerprint density at radius 3 is 2.60 bits per heavy atom. The average Bonchev–Trinajstić information content (AvgIpc) is 2.29. The summed E-state index contributed by atoms with van der Waals surface area (Å²) in [5.74, 6) is 1.34. The third kappa shape index (κ3) is 2.47. The van der Waals surface area contributed by atoms with Gasteiger partial charge in [-0.15, -0.1) is 0 Å². The van der Waals surface area contributed by atoms with E-state index < -0.39 is 0 Å². The van der Waals surface area contributed by atoms with Crippen molar-refractivity contribution >= 4 is 5.78 Å². The van der Waals surface area contributed by atoms with E-state index in [-0.39, 0.29) is 5.92 Å². The molecule has 2 rings (SSSR count). The van der Waals surface area contributed by atoms with E-state index in [4.69, 9.17) is 0 Å². The zero-order chi connectivity index (χ0) is 10.7. The van der Waals surface area contributed by atoms with Gasteiger partial charge in [0.1, 0.15) is 0 Å². The van der Waals surface area contributed by atoms with Gasteiger partial charge in [0.05, 0.1) is 0 Å².